The third-order valence-electron chi connectivity index (χ3n) is 8.60. The highest BCUT2D eigenvalue weighted by Crippen LogP contribution is 2.42. The molecule has 0 aliphatic carbocycles. The summed E-state index contributed by atoms with van der Waals surface area (Å²) in [5, 5.41) is 5.81. The SMILES string of the molecule is COC(=O)C[C@H](CN1CC2(CCN(Cc3ccc4cc[nH]c4n3)CC2)C1)c1cccc(-n2nc(C)cc2C)c1. The predicted octanol–water partition coefficient (Wildman–Crippen LogP) is 4.61. The Morgan fingerprint density at radius 2 is 1.90 bits per heavy atom. The van der Waals surface area contributed by atoms with E-state index in [0.717, 1.165) is 78.6 Å². The van der Waals surface area contributed by atoms with Gasteiger partial charge < -0.3 is 14.6 Å². The van der Waals surface area contributed by atoms with E-state index in [1.807, 2.05) is 17.8 Å². The second-order valence-corrected chi connectivity index (χ2v) is 11.6. The number of nitrogens with one attached hydrogen (secondary N) is 1. The number of fused-ring (bicyclic) bond motifs is 1. The summed E-state index contributed by atoms with van der Waals surface area (Å²) in [6, 6.07) is 16.9. The molecule has 0 saturated carbocycles. The zero-order chi connectivity index (χ0) is 27.0. The lowest BCUT2D eigenvalue weighted by Gasteiger charge is -2.55. The maximum Gasteiger partial charge on any atom is 0.306 e. The Bertz CT molecular complexity index is 1460. The molecule has 4 aromatic rings. The Morgan fingerprint density at radius 3 is 2.64 bits per heavy atom. The van der Waals surface area contributed by atoms with Crippen LogP contribution in [0, 0.1) is 19.3 Å². The van der Waals surface area contributed by atoms with E-state index >= 15 is 0 Å². The molecular weight excluding hydrogens is 488 g/mol. The first kappa shape index (κ1) is 25.8. The quantitative estimate of drug-likeness (QED) is 0.338. The molecule has 1 spiro atoms. The van der Waals surface area contributed by atoms with Crippen LogP contribution in [0.3, 0.4) is 0 Å². The number of rotatable bonds is 8. The van der Waals surface area contributed by atoms with Crippen molar-refractivity contribution in [3.63, 3.8) is 0 Å². The molecule has 1 N–H and O–H groups in total. The first-order chi connectivity index (χ1) is 18.9. The molecule has 8 nitrogen and oxygen atoms in total. The van der Waals surface area contributed by atoms with Gasteiger partial charge in [0.2, 0.25) is 0 Å². The van der Waals surface area contributed by atoms with Gasteiger partial charge in [0, 0.05) is 49.4 Å². The largest absolute Gasteiger partial charge is 0.469 e. The molecule has 5 heterocycles. The van der Waals surface area contributed by atoms with Crippen LogP contribution in [-0.4, -0.2) is 75.4 Å². The number of hydrogen-bond donors (Lipinski definition) is 1. The number of nitrogens with zero attached hydrogens (tertiary/aromatic N) is 5. The number of carbonyl (C=O) groups is 1. The van der Waals surface area contributed by atoms with Gasteiger partial charge in [0.15, 0.2) is 0 Å². The lowest BCUT2D eigenvalue weighted by Crippen LogP contribution is -2.60. The van der Waals surface area contributed by atoms with Crippen molar-refractivity contribution < 1.29 is 9.53 Å². The average molecular weight is 527 g/mol. The van der Waals surface area contributed by atoms with Crippen molar-refractivity contribution in [2.24, 2.45) is 5.41 Å². The molecule has 1 atom stereocenters. The summed E-state index contributed by atoms with van der Waals surface area (Å²) in [5.74, 6) is -0.0769. The standard InChI is InChI=1S/C31H38N6O2/c1-22-15-23(2)37(34-22)28-6-4-5-25(16-28)26(17-29(38)39-3)18-36-20-31(21-36)10-13-35(14-11-31)19-27-8-7-24-9-12-32-30(24)33-27/h4-9,12,15-16,26H,10-11,13-14,17-21H2,1-3H3,(H,32,33)/t26-/m1/s1. The van der Waals surface area contributed by atoms with Crippen LogP contribution in [-0.2, 0) is 16.1 Å². The second kappa shape index (κ2) is 10.6. The monoisotopic (exact) mass is 526 g/mol. The lowest BCUT2D eigenvalue weighted by atomic mass is 9.71. The van der Waals surface area contributed by atoms with Crippen molar-refractivity contribution in [2.75, 3.05) is 39.8 Å². The number of carbonyl (C=O) groups excluding carboxylic acids is 1. The summed E-state index contributed by atoms with van der Waals surface area (Å²) >= 11 is 0. The minimum Gasteiger partial charge on any atom is -0.469 e. The summed E-state index contributed by atoms with van der Waals surface area (Å²) in [7, 11) is 1.48. The Hall–Kier alpha value is -3.49. The number of esters is 1. The van der Waals surface area contributed by atoms with Crippen molar-refractivity contribution in [1.29, 1.82) is 0 Å². The number of aromatic nitrogens is 4. The molecule has 2 saturated heterocycles. The second-order valence-electron chi connectivity index (χ2n) is 11.6. The highest BCUT2D eigenvalue weighted by atomic mass is 16.5. The van der Waals surface area contributed by atoms with Gasteiger partial charge in [-0.15, -0.1) is 0 Å². The van der Waals surface area contributed by atoms with E-state index < -0.39 is 0 Å². The molecule has 0 radical (unpaired) electrons. The van der Waals surface area contributed by atoms with Gasteiger partial charge in [0.05, 0.1) is 30.6 Å². The van der Waals surface area contributed by atoms with Gasteiger partial charge >= 0.3 is 5.97 Å². The van der Waals surface area contributed by atoms with Crippen LogP contribution in [0.25, 0.3) is 16.7 Å². The molecule has 8 heteroatoms. The number of aryl methyl sites for hydroxylation is 2. The van der Waals surface area contributed by atoms with Crippen molar-refractivity contribution in [3.8, 4) is 5.69 Å². The lowest BCUT2D eigenvalue weighted by molar-refractivity contribution is -0.141. The van der Waals surface area contributed by atoms with Gasteiger partial charge in [0.25, 0.3) is 0 Å². The summed E-state index contributed by atoms with van der Waals surface area (Å²) in [4.78, 5) is 25.4. The van der Waals surface area contributed by atoms with Gasteiger partial charge in [-0.1, -0.05) is 12.1 Å². The topological polar surface area (TPSA) is 79.3 Å². The van der Waals surface area contributed by atoms with Crippen LogP contribution in [0.1, 0.15) is 47.8 Å². The number of piperidine rings is 1. The van der Waals surface area contributed by atoms with Crippen LogP contribution >= 0.6 is 0 Å². The summed E-state index contributed by atoms with van der Waals surface area (Å²) in [5.41, 5.74) is 6.79. The number of H-pyrrole nitrogens is 1. The molecule has 6 rings (SSSR count). The molecule has 3 aromatic heterocycles. The first-order valence-electron chi connectivity index (χ1n) is 14.0. The molecule has 2 aliphatic heterocycles. The van der Waals surface area contributed by atoms with E-state index in [1.165, 1.54) is 20.0 Å². The van der Waals surface area contributed by atoms with Crippen LogP contribution < -0.4 is 0 Å². The summed E-state index contributed by atoms with van der Waals surface area (Å²) in [6.07, 6.45) is 4.75. The van der Waals surface area contributed by atoms with Gasteiger partial charge in [-0.2, -0.15) is 5.10 Å². The molecule has 2 aliphatic rings. The molecule has 2 fully saturated rings. The molecule has 204 valence electrons. The van der Waals surface area contributed by atoms with E-state index in [-0.39, 0.29) is 11.9 Å². The Kier molecular flexibility index (Phi) is 6.99. The maximum absolute atomic E-state index is 12.4. The molecule has 0 amide bonds. The van der Waals surface area contributed by atoms with Crippen molar-refractivity contribution in [3.05, 3.63) is 77.4 Å². The molecule has 1 aromatic carbocycles. The first-order valence-corrected chi connectivity index (χ1v) is 14.0. The number of benzene rings is 1. The van der Waals surface area contributed by atoms with Gasteiger partial charge in [0.1, 0.15) is 5.65 Å². The summed E-state index contributed by atoms with van der Waals surface area (Å²) < 4.78 is 7.05. The predicted molar refractivity (Wildman–Crippen MR) is 152 cm³/mol. The zero-order valence-electron chi connectivity index (χ0n) is 23.2. The highest BCUT2D eigenvalue weighted by molar-refractivity contribution is 5.75. The van der Waals surface area contributed by atoms with E-state index in [2.05, 4.69) is 75.3 Å². The number of methoxy groups -OCH3 is 1. The van der Waals surface area contributed by atoms with Crippen LogP contribution in [0.15, 0.2) is 54.7 Å². The van der Waals surface area contributed by atoms with Crippen LogP contribution in [0.4, 0.5) is 0 Å². The molecule has 0 bridgehead atoms. The fraction of sp³-hybridized carbons (Fsp3) is 0.452. The van der Waals surface area contributed by atoms with Gasteiger partial charge in [-0.05, 0) is 87.2 Å². The van der Waals surface area contributed by atoms with E-state index in [1.54, 1.807) is 0 Å². The third kappa shape index (κ3) is 5.49. The minimum atomic E-state index is -0.161. The molecule has 0 unspecified atom stereocenters. The fourth-order valence-electron chi connectivity index (χ4n) is 6.51. The number of aromatic amines is 1. The number of likely N-dealkylation sites (tertiary alicyclic amines) is 2. The van der Waals surface area contributed by atoms with Crippen molar-refractivity contribution in [2.45, 2.75) is 45.6 Å². The molecule has 39 heavy (non-hydrogen) atoms. The summed E-state index contributed by atoms with van der Waals surface area (Å²) in [6.45, 7) is 10.3. The third-order valence-corrected chi connectivity index (χ3v) is 8.60. The normalized spacial score (nSPS) is 18.3. The molecular formula is C31H38N6O2. The Balaban J connectivity index is 1.07. The smallest absolute Gasteiger partial charge is 0.306 e. The number of hydrogen-bond acceptors (Lipinski definition) is 6. The average Bonchev–Trinajstić information content (AvgIpc) is 3.53. The van der Waals surface area contributed by atoms with Crippen LogP contribution in [0.2, 0.25) is 0 Å². The fourth-order valence-corrected chi connectivity index (χ4v) is 6.51. The van der Waals surface area contributed by atoms with E-state index in [9.17, 15) is 4.79 Å². The minimum absolute atomic E-state index is 0.0841. The van der Waals surface area contributed by atoms with Crippen molar-refractivity contribution >= 4 is 17.0 Å². The number of ether oxygens (including phenoxy) is 1. The van der Waals surface area contributed by atoms with Gasteiger partial charge in [-0.3, -0.25) is 9.69 Å². The van der Waals surface area contributed by atoms with Gasteiger partial charge in [-0.25, -0.2) is 9.67 Å². The Labute approximate surface area is 230 Å². The number of pyridine rings is 1. The maximum atomic E-state index is 12.4. The van der Waals surface area contributed by atoms with E-state index in [0.29, 0.717) is 11.8 Å². The Morgan fingerprint density at radius 1 is 1.08 bits per heavy atom. The van der Waals surface area contributed by atoms with Crippen molar-refractivity contribution in [1.82, 2.24) is 29.5 Å². The highest BCUT2D eigenvalue weighted by Gasteiger charge is 2.45. The van der Waals surface area contributed by atoms with Crippen LogP contribution in [0.5, 0.6) is 0 Å². The zero-order valence-corrected chi connectivity index (χ0v) is 23.2. The van der Waals surface area contributed by atoms with E-state index in [4.69, 9.17) is 9.72 Å².